The average molecular weight is 279 g/mol. The van der Waals surface area contributed by atoms with Crippen LogP contribution in [0.4, 0.5) is 5.69 Å². The lowest BCUT2D eigenvalue weighted by molar-refractivity contribution is 0.484. The number of hydrogen-bond acceptors (Lipinski definition) is 3. The van der Waals surface area contributed by atoms with Crippen LogP contribution in [0, 0.1) is 0 Å². The van der Waals surface area contributed by atoms with Gasteiger partial charge in [0.05, 0.1) is 0 Å². The molecule has 0 radical (unpaired) electrons. The fourth-order valence-corrected chi connectivity index (χ4v) is 2.77. The number of hydrogen-bond donors (Lipinski definition) is 2. The Hall–Kier alpha value is -1.59. The molecule has 2 aromatic rings. The van der Waals surface area contributed by atoms with E-state index >= 15 is 0 Å². The fraction of sp³-hybridized carbons (Fsp3) is 0.286. The number of unbranched alkanes of at least 4 members (excludes halogenated alkanes) is 1. The summed E-state index contributed by atoms with van der Waals surface area (Å²) in [6, 6.07) is 10.3. The minimum absolute atomic E-state index is 0.0517. The Labute approximate surface area is 113 Å². The molecule has 4 nitrogen and oxygen atoms in total. The Morgan fingerprint density at radius 3 is 2.47 bits per heavy atom. The lowest BCUT2D eigenvalue weighted by Crippen LogP contribution is -2.03. The summed E-state index contributed by atoms with van der Waals surface area (Å²) in [6.07, 6.45) is 2.14. The first-order chi connectivity index (χ1) is 9.04. The van der Waals surface area contributed by atoms with Gasteiger partial charge in [-0.25, -0.2) is 0 Å². The molecule has 2 rings (SSSR count). The van der Waals surface area contributed by atoms with Crippen LogP contribution in [-0.2, 0) is 10.1 Å². The van der Waals surface area contributed by atoms with E-state index in [4.69, 9.17) is 0 Å². The zero-order valence-corrected chi connectivity index (χ0v) is 11.6. The van der Waals surface area contributed by atoms with E-state index in [0.29, 0.717) is 5.39 Å². The molecule has 19 heavy (non-hydrogen) atoms. The summed E-state index contributed by atoms with van der Waals surface area (Å²) in [5.41, 5.74) is 0.886. The van der Waals surface area contributed by atoms with Crippen LogP contribution in [0.15, 0.2) is 41.3 Å². The van der Waals surface area contributed by atoms with E-state index in [1.807, 2.05) is 12.1 Å². The molecule has 0 aromatic heterocycles. The summed E-state index contributed by atoms with van der Waals surface area (Å²) in [7, 11) is -4.20. The van der Waals surface area contributed by atoms with Crippen molar-refractivity contribution in [3.05, 3.63) is 36.4 Å². The van der Waals surface area contributed by atoms with Crippen molar-refractivity contribution in [3.63, 3.8) is 0 Å². The maximum absolute atomic E-state index is 11.4. The largest absolute Gasteiger partial charge is 0.385 e. The van der Waals surface area contributed by atoms with Crippen LogP contribution in [0.2, 0.25) is 0 Å². The van der Waals surface area contributed by atoms with Gasteiger partial charge in [0.1, 0.15) is 4.90 Å². The summed E-state index contributed by atoms with van der Waals surface area (Å²) in [6.45, 7) is 2.95. The number of anilines is 1. The van der Waals surface area contributed by atoms with Crippen molar-refractivity contribution < 1.29 is 13.0 Å². The Kier molecular flexibility index (Phi) is 4.07. The second kappa shape index (κ2) is 5.59. The van der Waals surface area contributed by atoms with E-state index in [-0.39, 0.29) is 4.90 Å². The predicted octanol–water partition coefficient (Wildman–Crippen LogP) is 3.30. The molecule has 0 aliphatic heterocycles. The van der Waals surface area contributed by atoms with E-state index in [1.165, 1.54) is 6.07 Å². The third-order valence-electron chi connectivity index (χ3n) is 3.01. The minimum atomic E-state index is -4.20. The topological polar surface area (TPSA) is 66.4 Å². The zero-order chi connectivity index (χ0) is 13.9. The van der Waals surface area contributed by atoms with Gasteiger partial charge in [-0.3, -0.25) is 4.55 Å². The smallest absolute Gasteiger partial charge is 0.295 e. The van der Waals surface area contributed by atoms with Gasteiger partial charge in [0, 0.05) is 23.0 Å². The number of benzene rings is 2. The molecule has 0 atom stereocenters. The van der Waals surface area contributed by atoms with Gasteiger partial charge < -0.3 is 5.32 Å². The first kappa shape index (κ1) is 13.8. The molecule has 0 saturated carbocycles. The van der Waals surface area contributed by atoms with E-state index in [0.717, 1.165) is 30.5 Å². The Morgan fingerprint density at radius 2 is 1.79 bits per heavy atom. The van der Waals surface area contributed by atoms with Crippen molar-refractivity contribution in [2.24, 2.45) is 0 Å². The second-order valence-corrected chi connectivity index (χ2v) is 5.80. The monoisotopic (exact) mass is 279 g/mol. The van der Waals surface area contributed by atoms with Crippen LogP contribution in [-0.4, -0.2) is 19.5 Å². The molecule has 2 N–H and O–H groups in total. The molecule has 0 spiro atoms. The molecule has 0 aliphatic carbocycles. The van der Waals surface area contributed by atoms with Crippen molar-refractivity contribution in [2.75, 3.05) is 11.9 Å². The molecule has 0 unspecified atom stereocenters. The van der Waals surface area contributed by atoms with Gasteiger partial charge in [-0.1, -0.05) is 37.6 Å². The lowest BCUT2D eigenvalue weighted by atomic mass is 10.1. The highest BCUT2D eigenvalue weighted by molar-refractivity contribution is 7.86. The van der Waals surface area contributed by atoms with Gasteiger partial charge in [-0.05, 0) is 18.6 Å². The highest BCUT2D eigenvalue weighted by Gasteiger charge is 2.14. The number of fused-ring (bicyclic) bond motifs is 1. The summed E-state index contributed by atoms with van der Waals surface area (Å²) in [5.74, 6) is 0. The second-order valence-electron chi connectivity index (χ2n) is 4.41. The molecule has 0 bridgehead atoms. The van der Waals surface area contributed by atoms with Crippen LogP contribution in [0.1, 0.15) is 19.8 Å². The molecule has 2 aromatic carbocycles. The Bertz CT molecular complexity index is 680. The number of nitrogens with one attached hydrogen (secondary N) is 1. The predicted molar refractivity (Wildman–Crippen MR) is 77.2 cm³/mol. The highest BCUT2D eigenvalue weighted by atomic mass is 32.2. The first-order valence-corrected chi connectivity index (χ1v) is 7.71. The van der Waals surface area contributed by atoms with Gasteiger partial charge in [0.2, 0.25) is 0 Å². The quantitative estimate of drug-likeness (QED) is 0.651. The maximum Gasteiger partial charge on any atom is 0.295 e. The fourth-order valence-electron chi connectivity index (χ4n) is 2.06. The zero-order valence-electron chi connectivity index (χ0n) is 10.8. The van der Waals surface area contributed by atoms with Crippen molar-refractivity contribution >= 4 is 26.6 Å². The Morgan fingerprint density at radius 1 is 1.11 bits per heavy atom. The third kappa shape index (κ3) is 3.05. The van der Waals surface area contributed by atoms with Crippen LogP contribution in [0.3, 0.4) is 0 Å². The standard InChI is InChI=1S/C14H17NO3S/c1-2-3-10-15-13-8-4-7-12-11(13)6-5-9-14(12)19(16,17)18/h4-9,15H,2-3,10H2,1H3,(H,16,17,18). The third-order valence-corrected chi connectivity index (χ3v) is 3.92. The summed E-state index contributed by atoms with van der Waals surface area (Å²) >= 11 is 0. The molecular weight excluding hydrogens is 262 g/mol. The van der Waals surface area contributed by atoms with Gasteiger partial charge in [0.15, 0.2) is 0 Å². The average Bonchev–Trinajstić information content (AvgIpc) is 2.37. The van der Waals surface area contributed by atoms with E-state index in [9.17, 15) is 13.0 Å². The lowest BCUT2D eigenvalue weighted by Gasteiger charge is -2.11. The van der Waals surface area contributed by atoms with E-state index in [1.54, 1.807) is 18.2 Å². The van der Waals surface area contributed by atoms with Crippen molar-refractivity contribution in [2.45, 2.75) is 24.7 Å². The molecule has 102 valence electrons. The van der Waals surface area contributed by atoms with Crippen molar-refractivity contribution in [1.82, 2.24) is 0 Å². The van der Waals surface area contributed by atoms with E-state index < -0.39 is 10.1 Å². The van der Waals surface area contributed by atoms with Crippen LogP contribution < -0.4 is 5.32 Å². The van der Waals surface area contributed by atoms with Crippen LogP contribution in [0.25, 0.3) is 10.8 Å². The molecule has 0 heterocycles. The summed E-state index contributed by atoms with van der Waals surface area (Å²) < 4.78 is 32.0. The summed E-state index contributed by atoms with van der Waals surface area (Å²) in [5, 5.41) is 4.62. The van der Waals surface area contributed by atoms with Gasteiger partial charge in [-0.2, -0.15) is 8.42 Å². The SMILES string of the molecule is CCCCNc1cccc2c(S(=O)(=O)O)cccc12. The summed E-state index contributed by atoms with van der Waals surface area (Å²) in [4.78, 5) is -0.0517. The van der Waals surface area contributed by atoms with Crippen molar-refractivity contribution in [3.8, 4) is 0 Å². The molecule has 0 fully saturated rings. The van der Waals surface area contributed by atoms with Crippen molar-refractivity contribution in [1.29, 1.82) is 0 Å². The minimum Gasteiger partial charge on any atom is -0.385 e. The van der Waals surface area contributed by atoms with Gasteiger partial charge >= 0.3 is 0 Å². The Balaban J connectivity index is 2.52. The first-order valence-electron chi connectivity index (χ1n) is 6.27. The van der Waals surface area contributed by atoms with Crippen LogP contribution in [0.5, 0.6) is 0 Å². The molecule has 5 heteroatoms. The highest BCUT2D eigenvalue weighted by Crippen LogP contribution is 2.28. The number of rotatable bonds is 5. The molecular formula is C14H17NO3S. The van der Waals surface area contributed by atoms with E-state index in [2.05, 4.69) is 12.2 Å². The molecule has 0 saturated heterocycles. The van der Waals surface area contributed by atoms with Gasteiger partial charge in [0.25, 0.3) is 10.1 Å². The van der Waals surface area contributed by atoms with Crippen LogP contribution >= 0.6 is 0 Å². The molecule has 0 amide bonds. The molecule has 0 aliphatic rings. The maximum atomic E-state index is 11.4. The van der Waals surface area contributed by atoms with Gasteiger partial charge in [-0.15, -0.1) is 0 Å². The normalized spacial score (nSPS) is 11.7.